The first-order valence-electron chi connectivity index (χ1n) is 5.72. The van der Waals surface area contributed by atoms with E-state index in [9.17, 15) is 0 Å². The minimum atomic E-state index is -0.0273. The molecule has 1 atom stereocenters. The van der Waals surface area contributed by atoms with Crippen molar-refractivity contribution in [3.63, 3.8) is 0 Å². The van der Waals surface area contributed by atoms with Crippen molar-refractivity contribution >= 4 is 0 Å². The molecule has 80 valence electrons. The van der Waals surface area contributed by atoms with E-state index in [-0.39, 0.29) is 11.7 Å². The van der Waals surface area contributed by atoms with Crippen molar-refractivity contribution in [3.8, 4) is 0 Å². The summed E-state index contributed by atoms with van der Waals surface area (Å²) < 4.78 is 6.12. The molecule has 0 amide bonds. The van der Waals surface area contributed by atoms with Gasteiger partial charge in [0.2, 0.25) is 0 Å². The van der Waals surface area contributed by atoms with Crippen molar-refractivity contribution in [2.24, 2.45) is 0 Å². The van der Waals surface area contributed by atoms with Crippen LogP contribution >= 0.6 is 0 Å². The van der Waals surface area contributed by atoms with E-state index in [1.165, 1.54) is 5.56 Å². The van der Waals surface area contributed by atoms with Gasteiger partial charge in [-0.15, -0.1) is 0 Å². The van der Waals surface area contributed by atoms with E-state index >= 15 is 0 Å². The quantitative estimate of drug-likeness (QED) is 0.676. The van der Waals surface area contributed by atoms with E-state index in [0.29, 0.717) is 0 Å². The summed E-state index contributed by atoms with van der Waals surface area (Å²) in [7, 11) is 0. The number of hydrogen-bond donors (Lipinski definition) is 0. The largest absolute Gasteiger partial charge is 0.359 e. The Balaban J connectivity index is 2.15. The first kappa shape index (κ1) is 10.4. The van der Waals surface area contributed by atoms with Crippen LogP contribution in [0.4, 0.5) is 0 Å². The Bertz CT molecular complexity index is 336. The van der Waals surface area contributed by atoms with Crippen molar-refractivity contribution in [3.05, 3.63) is 48.0 Å². The maximum atomic E-state index is 6.12. The molecule has 2 rings (SSSR count). The van der Waals surface area contributed by atoms with Crippen molar-refractivity contribution in [1.82, 2.24) is 0 Å². The van der Waals surface area contributed by atoms with E-state index in [4.69, 9.17) is 4.74 Å². The van der Waals surface area contributed by atoms with Crippen LogP contribution in [0, 0.1) is 0 Å². The molecule has 1 aromatic rings. The molecule has 1 aromatic carbocycles. The molecule has 0 saturated carbocycles. The predicted molar refractivity (Wildman–Crippen MR) is 62.7 cm³/mol. The maximum absolute atomic E-state index is 6.12. The fraction of sp³-hybridized carbons (Fsp3) is 0.429. The third-order valence-corrected chi connectivity index (χ3v) is 3.26. The molecule has 15 heavy (non-hydrogen) atoms. The molecule has 1 heteroatoms. The molecular weight excluding hydrogens is 184 g/mol. The summed E-state index contributed by atoms with van der Waals surface area (Å²) in [6.45, 7) is 4.36. The van der Waals surface area contributed by atoms with Gasteiger partial charge in [0.1, 0.15) is 6.10 Å². The summed E-state index contributed by atoms with van der Waals surface area (Å²) in [4.78, 5) is 0. The summed E-state index contributed by atoms with van der Waals surface area (Å²) >= 11 is 0. The lowest BCUT2D eigenvalue weighted by atomic mass is 9.98. The molecule has 0 saturated heterocycles. The standard InChI is InChI=1S/C14H18O/c1-3-14(4-2)11-10-13(15-14)12-8-6-5-7-9-12/h5-11,13H,3-4H2,1-2H3/t13-/m1/s1. The summed E-state index contributed by atoms with van der Waals surface area (Å²) in [5, 5.41) is 0. The van der Waals surface area contributed by atoms with Crippen LogP contribution in [0.15, 0.2) is 42.5 Å². The lowest BCUT2D eigenvalue weighted by Crippen LogP contribution is -2.25. The predicted octanol–water partition coefficient (Wildman–Crippen LogP) is 3.87. The molecule has 1 aliphatic heterocycles. The van der Waals surface area contributed by atoms with Crippen LogP contribution in [0.5, 0.6) is 0 Å². The van der Waals surface area contributed by atoms with Crippen molar-refractivity contribution in [1.29, 1.82) is 0 Å². The molecular formula is C14H18O. The maximum Gasteiger partial charge on any atom is 0.102 e. The van der Waals surface area contributed by atoms with Gasteiger partial charge in [0.15, 0.2) is 0 Å². The minimum Gasteiger partial charge on any atom is -0.359 e. The second-order valence-corrected chi connectivity index (χ2v) is 4.08. The number of rotatable bonds is 3. The van der Waals surface area contributed by atoms with Gasteiger partial charge in [-0.2, -0.15) is 0 Å². The Labute approximate surface area is 91.8 Å². The lowest BCUT2D eigenvalue weighted by molar-refractivity contribution is -0.0297. The second kappa shape index (κ2) is 4.19. The van der Waals surface area contributed by atoms with Crippen LogP contribution < -0.4 is 0 Å². The van der Waals surface area contributed by atoms with E-state index in [2.05, 4.69) is 50.3 Å². The second-order valence-electron chi connectivity index (χ2n) is 4.08. The summed E-state index contributed by atoms with van der Waals surface area (Å²) in [5.41, 5.74) is 1.22. The zero-order valence-corrected chi connectivity index (χ0v) is 9.44. The highest BCUT2D eigenvalue weighted by molar-refractivity contribution is 5.25. The van der Waals surface area contributed by atoms with Crippen molar-refractivity contribution in [2.75, 3.05) is 0 Å². The zero-order valence-electron chi connectivity index (χ0n) is 9.44. The van der Waals surface area contributed by atoms with Gasteiger partial charge >= 0.3 is 0 Å². The van der Waals surface area contributed by atoms with Crippen LogP contribution in [0.25, 0.3) is 0 Å². The first-order valence-corrected chi connectivity index (χ1v) is 5.72. The van der Waals surface area contributed by atoms with Gasteiger partial charge in [-0.1, -0.05) is 56.3 Å². The van der Waals surface area contributed by atoms with Crippen LogP contribution in [0.3, 0.4) is 0 Å². The van der Waals surface area contributed by atoms with Gasteiger partial charge < -0.3 is 4.74 Å². The lowest BCUT2D eigenvalue weighted by Gasteiger charge is -2.26. The van der Waals surface area contributed by atoms with Gasteiger partial charge in [-0.05, 0) is 18.4 Å². The fourth-order valence-corrected chi connectivity index (χ4v) is 2.07. The van der Waals surface area contributed by atoms with E-state index < -0.39 is 0 Å². The van der Waals surface area contributed by atoms with Crippen LogP contribution in [0.1, 0.15) is 38.4 Å². The number of hydrogen-bond acceptors (Lipinski definition) is 1. The molecule has 1 aliphatic rings. The Morgan fingerprint density at radius 1 is 1.13 bits per heavy atom. The molecule has 1 nitrogen and oxygen atoms in total. The SMILES string of the molecule is CCC1(CC)C=C[C@H](c2ccccc2)O1. The van der Waals surface area contributed by atoms with Crippen molar-refractivity contribution < 1.29 is 4.74 Å². The Morgan fingerprint density at radius 3 is 2.33 bits per heavy atom. The third-order valence-electron chi connectivity index (χ3n) is 3.26. The van der Waals surface area contributed by atoms with Crippen LogP contribution in [-0.4, -0.2) is 5.60 Å². The average molecular weight is 202 g/mol. The monoisotopic (exact) mass is 202 g/mol. The molecule has 0 aromatic heterocycles. The van der Waals surface area contributed by atoms with Gasteiger partial charge in [0.05, 0.1) is 5.60 Å². The fourth-order valence-electron chi connectivity index (χ4n) is 2.07. The molecule has 1 heterocycles. The summed E-state index contributed by atoms with van der Waals surface area (Å²) in [5.74, 6) is 0. The molecule has 0 N–H and O–H groups in total. The first-order chi connectivity index (χ1) is 7.29. The number of ether oxygens (including phenoxy) is 1. The Morgan fingerprint density at radius 2 is 1.80 bits per heavy atom. The molecule has 0 radical (unpaired) electrons. The van der Waals surface area contributed by atoms with Crippen LogP contribution in [0.2, 0.25) is 0 Å². The van der Waals surface area contributed by atoms with Gasteiger partial charge in [0, 0.05) is 0 Å². The highest BCUT2D eigenvalue weighted by atomic mass is 16.5. The molecule has 0 bridgehead atoms. The third kappa shape index (κ3) is 1.98. The van der Waals surface area contributed by atoms with Gasteiger partial charge in [0.25, 0.3) is 0 Å². The Kier molecular flexibility index (Phi) is 2.92. The molecule has 0 spiro atoms. The van der Waals surface area contributed by atoms with E-state index in [0.717, 1.165) is 12.8 Å². The van der Waals surface area contributed by atoms with Crippen LogP contribution in [-0.2, 0) is 4.74 Å². The summed E-state index contributed by atoms with van der Waals surface area (Å²) in [6, 6.07) is 10.4. The normalized spacial score (nSPS) is 23.2. The summed E-state index contributed by atoms with van der Waals surface area (Å²) in [6.07, 6.45) is 6.64. The topological polar surface area (TPSA) is 9.23 Å². The van der Waals surface area contributed by atoms with Gasteiger partial charge in [-0.25, -0.2) is 0 Å². The van der Waals surface area contributed by atoms with E-state index in [1.807, 2.05) is 6.07 Å². The average Bonchev–Trinajstić information content (AvgIpc) is 2.75. The number of benzene rings is 1. The smallest absolute Gasteiger partial charge is 0.102 e. The highest BCUT2D eigenvalue weighted by Crippen LogP contribution is 2.37. The van der Waals surface area contributed by atoms with Crippen molar-refractivity contribution in [2.45, 2.75) is 38.4 Å². The molecule has 0 fully saturated rings. The van der Waals surface area contributed by atoms with Gasteiger partial charge in [-0.3, -0.25) is 0 Å². The minimum absolute atomic E-state index is 0.0273. The molecule has 0 aliphatic carbocycles. The Hall–Kier alpha value is -1.08. The molecule has 0 unspecified atom stereocenters. The zero-order chi connectivity index (χ0) is 10.7. The van der Waals surface area contributed by atoms with E-state index in [1.54, 1.807) is 0 Å². The highest BCUT2D eigenvalue weighted by Gasteiger charge is 2.32.